The monoisotopic (exact) mass is 174 g/mol. The molecule has 0 fully saturated rings. The van der Waals surface area contributed by atoms with Gasteiger partial charge in [-0.25, -0.2) is 0 Å². The van der Waals surface area contributed by atoms with E-state index >= 15 is 0 Å². The molecule has 0 spiro atoms. The standard InChI is InChI=1S/C13H18/c1-3-4-5-6-10-13-11-8-7-9-12(13)2/h6-11H,3-5H2,1-2H3. The van der Waals surface area contributed by atoms with Gasteiger partial charge in [-0.05, 0) is 24.5 Å². The number of rotatable bonds is 4. The molecule has 0 nitrogen and oxygen atoms in total. The molecule has 0 bridgehead atoms. The van der Waals surface area contributed by atoms with Gasteiger partial charge in [0.25, 0.3) is 0 Å². The summed E-state index contributed by atoms with van der Waals surface area (Å²) in [5.41, 5.74) is 2.70. The zero-order chi connectivity index (χ0) is 9.52. The molecule has 0 aliphatic heterocycles. The maximum absolute atomic E-state index is 2.27. The van der Waals surface area contributed by atoms with Crippen LogP contribution in [0, 0.1) is 6.92 Å². The number of unbranched alkanes of at least 4 members (excludes halogenated alkanes) is 2. The zero-order valence-electron chi connectivity index (χ0n) is 8.59. The first kappa shape index (κ1) is 10.0. The summed E-state index contributed by atoms with van der Waals surface area (Å²) in [6.07, 6.45) is 8.27. The summed E-state index contributed by atoms with van der Waals surface area (Å²) in [6.45, 7) is 4.38. The number of hydrogen-bond acceptors (Lipinski definition) is 0. The summed E-state index contributed by atoms with van der Waals surface area (Å²) in [4.78, 5) is 0. The largest absolute Gasteiger partial charge is 0.0839 e. The predicted octanol–water partition coefficient (Wildman–Crippen LogP) is 4.20. The number of benzene rings is 1. The van der Waals surface area contributed by atoms with Gasteiger partial charge in [0.05, 0.1) is 0 Å². The molecule has 0 aliphatic carbocycles. The Hall–Kier alpha value is -1.04. The van der Waals surface area contributed by atoms with Crippen LogP contribution in [0.1, 0.15) is 37.3 Å². The van der Waals surface area contributed by atoms with Crippen LogP contribution in [-0.2, 0) is 0 Å². The van der Waals surface area contributed by atoms with E-state index in [1.54, 1.807) is 0 Å². The van der Waals surface area contributed by atoms with E-state index < -0.39 is 0 Å². The predicted molar refractivity (Wildman–Crippen MR) is 59.7 cm³/mol. The van der Waals surface area contributed by atoms with Crippen molar-refractivity contribution >= 4 is 6.08 Å². The molecule has 1 aromatic carbocycles. The Balaban J connectivity index is 2.53. The molecule has 0 unspecified atom stereocenters. The quantitative estimate of drug-likeness (QED) is 0.600. The summed E-state index contributed by atoms with van der Waals surface area (Å²) < 4.78 is 0. The van der Waals surface area contributed by atoms with E-state index in [0.29, 0.717) is 0 Å². The van der Waals surface area contributed by atoms with Crippen molar-refractivity contribution in [2.75, 3.05) is 0 Å². The number of allylic oxidation sites excluding steroid dienone is 1. The highest BCUT2D eigenvalue weighted by Gasteiger charge is 1.89. The lowest BCUT2D eigenvalue weighted by Crippen LogP contribution is -1.77. The third-order valence-corrected chi connectivity index (χ3v) is 2.21. The van der Waals surface area contributed by atoms with E-state index in [1.807, 2.05) is 0 Å². The Morgan fingerprint density at radius 1 is 1.23 bits per heavy atom. The SMILES string of the molecule is CCCCC=Cc1ccccc1C. The molecule has 0 amide bonds. The van der Waals surface area contributed by atoms with Crippen molar-refractivity contribution in [3.63, 3.8) is 0 Å². The van der Waals surface area contributed by atoms with E-state index in [2.05, 4.69) is 50.3 Å². The van der Waals surface area contributed by atoms with Crippen LogP contribution in [0.3, 0.4) is 0 Å². The molecule has 0 aliphatic rings. The molecule has 70 valence electrons. The fraction of sp³-hybridized carbons (Fsp3) is 0.385. The minimum atomic E-state index is 1.20. The number of hydrogen-bond donors (Lipinski definition) is 0. The summed E-state index contributed by atoms with van der Waals surface area (Å²) in [7, 11) is 0. The minimum absolute atomic E-state index is 1.20. The van der Waals surface area contributed by atoms with Crippen molar-refractivity contribution in [2.45, 2.75) is 33.1 Å². The Labute approximate surface area is 81.3 Å². The Morgan fingerprint density at radius 2 is 2.00 bits per heavy atom. The second-order valence-electron chi connectivity index (χ2n) is 3.40. The van der Waals surface area contributed by atoms with Crippen LogP contribution in [-0.4, -0.2) is 0 Å². The van der Waals surface area contributed by atoms with Crippen LogP contribution in [0.15, 0.2) is 30.3 Å². The maximum Gasteiger partial charge on any atom is -0.0231 e. The van der Waals surface area contributed by atoms with Gasteiger partial charge in [-0.3, -0.25) is 0 Å². The average Bonchev–Trinajstić information content (AvgIpc) is 2.15. The summed E-state index contributed by atoms with van der Waals surface area (Å²) in [5.74, 6) is 0. The second kappa shape index (κ2) is 5.58. The molecule has 1 rings (SSSR count). The van der Waals surface area contributed by atoms with E-state index in [9.17, 15) is 0 Å². The van der Waals surface area contributed by atoms with Gasteiger partial charge >= 0.3 is 0 Å². The highest BCUT2D eigenvalue weighted by atomic mass is 13.9. The van der Waals surface area contributed by atoms with Crippen molar-refractivity contribution in [3.8, 4) is 0 Å². The lowest BCUT2D eigenvalue weighted by Gasteiger charge is -1.97. The topological polar surface area (TPSA) is 0 Å². The fourth-order valence-corrected chi connectivity index (χ4v) is 1.31. The molecule has 0 saturated carbocycles. The van der Waals surface area contributed by atoms with Crippen LogP contribution in [0.25, 0.3) is 6.08 Å². The minimum Gasteiger partial charge on any atom is -0.0839 e. The van der Waals surface area contributed by atoms with Gasteiger partial charge in [-0.15, -0.1) is 0 Å². The fourth-order valence-electron chi connectivity index (χ4n) is 1.31. The van der Waals surface area contributed by atoms with Crippen LogP contribution in [0.2, 0.25) is 0 Å². The van der Waals surface area contributed by atoms with Gasteiger partial charge in [0.1, 0.15) is 0 Å². The van der Waals surface area contributed by atoms with Crippen molar-refractivity contribution < 1.29 is 0 Å². The normalized spacial score (nSPS) is 10.9. The molecule has 0 heterocycles. The van der Waals surface area contributed by atoms with Gasteiger partial charge in [-0.1, -0.05) is 56.2 Å². The first-order chi connectivity index (χ1) is 6.34. The molecular formula is C13H18. The lowest BCUT2D eigenvalue weighted by atomic mass is 10.1. The van der Waals surface area contributed by atoms with Crippen LogP contribution >= 0.6 is 0 Å². The molecule has 0 radical (unpaired) electrons. The molecule has 13 heavy (non-hydrogen) atoms. The molecule has 0 atom stereocenters. The Bertz CT molecular complexity index is 271. The van der Waals surface area contributed by atoms with E-state index in [4.69, 9.17) is 0 Å². The van der Waals surface area contributed by atoms with Gasteiger partial charge in [-0.2, -0.15) is 0 Å². The molecule has 0 heteroatoms. The first-order valence-electron chi connectivity index (χ1n) is 5.06. The molecule has 0 N–H and O–H groups in total. The van der Waals surface area contributed by atoms with Crippen molar-refractivity contribution in [1.82, 2.24) is 0 Å². The van der Waals surface area contributed by atoms with Crippen molar-refractivity contribution in [3.05, 3.63) is 41.5 Å². The van der Waals surface area contributed by atoms with E-state index in [0.717, 1.165) is 0 Å². The highest BCUT2D eigenvalue weighted by molar-refractivity contribution is 5.53. The molecule has 0 aromatic heterocycles. The van der Waals surface area contributed by atoms with Crippen LogP contribution in [0.5, 0.6) is 0 Å². The maximum atomic E-state index is 2.27. The van der Waals surface area contributed by atoms with E-state index in [-0.39, 0.29) is 0 Å². The third kappa shape index (κ3) is 3.45. The van der Waals surface area contributed by atoms with E-state index in [1.165, 1.54) is 30.4 Å². The summed E-state index contributed by atoms with van der Waals surface area (Å²) in [5, 5.41) is 0. The lowest BCUT2D eigenvalue weighted by molar-refractivity contribution is 0.816. The smallest absolute Gasteiger partial charge is 0.0231 e. The Kier molecular flexibility index (Phi) is 4.31. The van der Waals surface area contributed by atoms with Gasteiger partial charge in [0.2, 0.25) is 0 Å². The number of aryl methyl sites for hydroxylation is 1. The first-order valence-corrected chi connectivity index (χ1v) is 5.06. The highest BCUT2D eigenvalue weighted by Crippen LogP contribution is 2.09. The molecule has 0 saturated heterocycles. The van der Waals surface area contributed by atoms with Gasteiger partial charge < -0.3 is 0 Å². The summed E-state index contributed by atoms with van der Waals surface area (Å²) >= 11 is 0. The van der Waals surface area contributed by atoms with Gasteiger partial charge in [0.15, 0.2) is 0 Å². The third-order valence-electron chi connectivity index (χ3n) is 2.21. The van der Waals surface area contributed by atoms with Crippen molar-refractivity contribution in [2.24, 2.45) is 0 Å². The van der Waals surface area contributed by atoms with Gasteiger partial charge in [0, 0.05) is 0 Å². The summed E-state index contributed by atoms with van der Waals surface area (Å²) in [6, 6.07) is 8.49. The molecule has 1 aromatic rings. The van der Waals surface area contributed by atoms with Crippen molar-refractivity contribution in [1.29, 1.82) is 0 Å². The average molecular weight is 174 g/mol. The second-order valence-corrected chi connectivity index (χ2v) is 3.40. The zero-order valence-corrected chi connectivity index (χ0v) is 8.59. The van der Waals surface area contributed by atoms with Crippen LogP contribution in [0.4, 0.5) is 0 Å². The Morgan fingerprint density at radius 3 is 2.69 bits per heavy atom. The molecular weight excluding hydrogens is 156 g/mol. The van der Waals surface area contributed by atoms with Crippen LogP contribution < -0.4 is 0 Å².